The Kier molecular flexibility index (Phi) is 4.54. The molecule has 0 aliphatic rings. The number of alkyl carbamates (subject to hydrolysis) is 1. The number of nitriles is 1. The second kappa shape index (κ2) is 5.91. The summed E-state index contributed by atoms with van der Waals surface area (Å²) in [6.07, 6.45) is -5.70. The van der Waals surface area contributed by atoms with E-state index in [1.807, 2.05) is 6.07 Å². The summed E-state index contributed by atoms with van der Waals surface area (Å²) in [6, 6.07) is 8.24. The molecule has 0 aliphatic carbocycles. The lowest BCUT2D eigenvalue weighted by atomic mass is 10.1. The van der Waals surface area contributed by atoms with Crippen LogP contribution in [0.1, 0.15) is 11.1 Å². The van der Waals surface area contributed by atoms with E-state index in [9.17, 15) is 18.0 Å². The van der Waals surface area contributed by atoms with E-state index in [-0.39, 0.29) is 6.54 Å². The summed E-state index contributed by atoms with van der Waals surface area (Å²) in [5.74, 6) is 0. The minimum absolute atomic E-state index is 0.00773. The minimum atomic E-state index is -4.54. The SMILES string of the molecule is N#Cc1cccc(CNC(=O)OCC(F)(F)F)c1. The van der Waals surface area contributed by atoms with Crippen LogP contribution >= 0.6 is 0 Å². The van der Waals surface area contributed by atoms with Crippen LogP contribution in [0.3, 0.4) is 0 Å². The number of carbonyl (C=O) groups excluding carboxylic acids is 1. The third-order valence-electron chi connectivity index (χ3n) is 1.86. The van der Waals surface area contributed by atoms with Crippen molar-refractivity contribution >= 4 is 6.09 Å². The Bertz CT molecular complexity index is 466. The number of nitrogens with one attached hydrogen (secondary N) is 1. The van der Waals surface area contributed by atoms with E-state index in [4.69, 9.17) is 5.26 Å². The van der Waals surface area contributed by atoms with Gasteiger partial charge >= 0.3 is 12.3 Å². The summed E-state index contributed by atoms with van der Waals surface area (Å²) in [4.78, 5) is 10.9. The van der Waals surface area contributed by atoms with Gasteiger partial charge in [0.1, 0.15) is 0 Å². The number of ether oxygens (including phenoxy) is 1. The summed E-state index contributed by atoms with van der Waals surface area (Å²) in [5.41, 5.74) is 0.996. The molecule has 1 N–H and O–H groups in total. The summed E-state index contributed by atoms with van der Waals surface area (Å²) in [5, 5.41) is 10.8. The smallest absolute Gasteiger partial charge is 0.422 e. The summed E-state index contributed by atoms with van der Waals surface area (Å²) >= 11 is 0. The van der Waals surface area contributed by atoms with Crippen molar-refractivity contribution in [3.8, 4) is 6.07 Å². The zero-order chi connectivity index (χ0) is 13.6. The van der Waals surface area contributed by atoms with Crippen molar-refractivity contribution < 1.29 is 22.7 Å². The first-order valence-electron chi connectivity index (χ1n) is 4.87. The maximum absolute atomic E-state index is 11.7. The average molecular weight is 258 g/mol. The van der Waals surface area contributed by atoms with Gasteiger partial charge in [0.2, 0.25) is 0 Å². The zero-order valence-electron chi connectivity index (χ0n) is 9.12. The van der Waals surface area contributed by atoms with Crippen LogP contribution in [0.15, 0.2) is 24.3 Å². The maximum atomic E-state index is 11.7. The first-order valence-corrected chi connectivity index (χ1v) is 4.87. The van der Waals surface area contributed by atoms with E-state index >= 15 is 0 Å². The molecule has 0 saturated heterocycles. The highest BCUT2D eigenvalue weighted by Gasteiger charge is 2.29. The van der Waals surface area contributed by atoms with Gasteiger partial charge in [0.15, 0.2) is 6.61 Å². The Morgan fingerprint density at radius 1 is 1.44 bits per heavy atom. The lowest BCUT2D eigenvalue weighted by Crippen LogP contribution is -2.28. The Balaban J connectivity index is 2.41. The molecular weight excluding hydrogens is 249 g/mol. The van der Waals surface area contributed by atoms with Crippen molar-refractivity contribution in [3.63, 3.8) is 0 Å². The van der Waals surface area contributed by atoms with E-state index in [1.54, 1.807) is 18.2 Å². The molecule has 0 saturated carbocycles. The highest BCUT2D eigenvalue weighted by molar-refractivity contribution is 5.67. The van der Waals surface area contributed by atoms with Crippen molar-refractivity contribution in [2.75, 3.05) is 6.61 Å². The molecule has 0 radical (unpaired) electrons. The second-order valence-electron chi connectivity index (χ2n) is 3.36. The molecule has 0 atom stereocenters. The molecule has 0 fully saturated rings. The predicted molar refractivity (Wildman–Crippen MR) is 55.4 cm³/mol. The molecule has 1 aromatic rings. The molecule has 1 amide bonds. The van der Waals surface area contributed by atoms with E-state index in [2.05, 4.69) is 10.1 Å². The van der Waals surface area contributed by atoms with Crippen molar-refractivity contribution in [2.45, 2.75) is 12.7 Å². The Hall–Kier alpha value is -2.23. The van der Waals surface area contributed by atoms with Gasteiger partial charge < -0.3 is 10.1 Å². The van der Waals surface area contributed by atoms with Crippen LogP contribution in [0.2, 0.25) is 0 Å². The minimum Gasteiger partial charge on any atom is -0.440 e. The van der Waals surface area contributed by atoms with E-state index in [0.717, 1.165) is 0 Å². The van der Waals surface area contributed by atoms with E-state index in [1.165, 1.54) is 6.07 Å². The number of hydrogen-bond acceptors (Lipinski definition) is 3. The molecule has 0 bridgehead atoms. The van der Waals surface area contributed by atoms with Gasteiger partial charge in [-0.2, -0.15) is 18.4 Å². The average Bonchev–Trinajstić information content (AvgIpc) is 2.33. The van der Waals surface area contributed by atoms with Gasteiger partial charge in [0.25, 0.3) is 0 Å². The number of carbonyl (C=O) groups is 1. The third kappa shape index (κ3) is 5.21. The second-order valence-corrected chi connectivity index (χ2v) is 3.36. The Labute approximate surface area is 101 Å². The number of nitrogens with zero attached hydrogens (tertiary/aromatic N) is 1. The molecule has 0 aromatic heterocycles. The van der Waals surface area contributed by atoms with Gasteiger partial charge in [-0.3, -0.25) is 0 Å². The van der Waals surface area contributed by atoms with E-state index < -0.39 is 18.9 Å². The topological polar surface area (TPSA) is 62.1 Å². The highest BCUT2D eigenvalue weighted by atomic mass is 19.4. The maximum Gasteiger partial charge on any atom is 0.422 e. The van der Waals surface area contributed by atoms with Crippen molar-refractivity contribution in [3.05, 3.63) is 35.4 Å². The Morgan fingerprint density at radius 2 is 2.17 bits per heavy atom. The quantitative estimate of drug-likeness (QED) is 0.905. The highest BCUT2D eigenvalue weighted by Crippen LogP contribution is 2.14. The summed E-state index contributed by atoms with van der Waals surface area (Å²) < 4.78 is 39.2. The van der Waals surface area contributed by atoms with Crippen molar-refractivity contribution in [1.29, 1.82) is 5.26 Å². The van der Waals surface area contributed by atoms with Crippen LogP contribution in [0, 0.1) is 11.3 Å². The molecule has 1 rings (SSSR count). The van der Waals surface area contributed by atoms with Crippen molar-refractivity contribution in [1.82, 2.24) is 5.32 Å². The van der Waals surface area contributed by atoms with Crippen LogP contribution in [-0.4, -0.2) is 18.9 Å². The third-order valence-corrected chi connectivity index (χ3v) is 1.86. The Morgan fingerprint density at radius 3 is 2.78 bits per heavy atom. The number of rotatable bonds is 3. The fraction of sp³-hybridized carbons (Fsp3) is 0.273. The lowest BCUT2D eigenvalue weighted by Gasteiger charge is -2.09. The van der Waals surface area contributed by atoms with Gasteiger partial charge in [-0.1, -0.05) is 12.1 Å². The molecule has 18 heavy (non-hydrogen) atoms. The zero-order valence-corrected chi connectivity index (χ0v) is 9.12. The summed E-state index contributed by atoms with van der Waals surface area (Å²) in [6.45, 7) is -1.64. The molecular formula is C11H9F3N2O2. The number of halogens is 3. The fourth-order valence-corrected chi connectivity index (χ4v) is 1.12. The number of benzene rings is 1. The molecule has 0 unspecified atom stereocenters. The van der Waals surface area contributed by atoms with Crippen LogP contribution in [0.25, 0.3) is 0 Å². The lowest BCUT2D eigenvalue weighted by molar-refractivity contribution is -0.160. The van der Waals surface area contributed by atoms with Gasteiger partial charge in [-0.15, -0.1) is 0 Å². The largest absolute Gasteiger partial charge is 0.440 e. The summed E-state index contributed by atoms with van der Waals surface area (Å²) in [7, 11) is 0. The molecule has 0 spiro atoms. The van der Waals surface area contributed by atoms with Gasteiger partial charge in [0, 0.05) is 6.54 Å². The number of alkyl halides is 3. The van der Waals surface area contributed by atoms with Crippen molar-refractivity contribution in [2.24, 2.45) is 0 Å². The first-order chi connectivity index (χ1) is 8.40. The molecule has 0 aliphatic heterocycles. The monoisotopic (exact) mass is 258 g/mol. The van der Waals surface area contributed by atoms with Crippen LogP contribution in [-0.2, 0) is 11.3 Å². The molecule has 1 aromatic carbocycles. The standard InChI is InChI=1S/C11H9F3N2O2/c12-11(13,14)7-18-10(17)16-6-9-3-1-2-8(4-9)5-15/h1-4H,6-7H2,(H,16,17). The molecule has 0 heterocycles. The first kappa shape index (κ1) is 13.8. The molecule has 96 valence electrons. The van der Waals surface area contributed by atoms with Gasteiger partial charge in [0.05, 0.1) is 11.6 Å². The number of amides is 1. The van der Waals surface area contributed by atoms with E-state index in [0.29, 0.717) is 11.1 Å². The van der Waals surface area contributed by atoms with Crippen LogP contribution in [0.5, 0.6) is 0 Å². The van der Waals surface area contributed by atoms with Gasteiger partial charge in [-0.05, 0) is 17.7 Å². The van der Waals surface area contributed by atoms with Gasteiger partial charge in [-0.25, -0.2) is 4.79 Å². The van der Waals surface area contributed by atoms with Crippen LogP contribution < -0.4 is 5.32 Å². The fourth-order valence-electron chi connectivity index (χ4n) is 1.12. The molecule has 4 nitrogen and oxygen atoms in total. The molecule has 7 heteroatoms. The predicted octanol–water partition coefficient (Wildman–Crippen LogP) is 2.35. The normalized spacial score (nSPS) is 10.6. The van der Waals surface area contributed by atoms with Crippen LogP contribution in [0.4, 0.5) is 18.0 Å². The number of hydrogen-bond donors (Lipinski definition) is 1.